The van der Waals surface area contributed by atoms with Gasteiger partial charge in [-0.15, -0.1) is 0 Å². The summed E-state index contributed by atoms with van der Waals surface area (Å²) in [5.41, 5.74) is 2.62. The Labute approximate surface area is 280 Å². The molecule has 0 aliphatic rings. The minimum Gasteiger partial charge on any atom is -0.494 e. The van der Waals surface area contributed by atoms with Crippen molar-refractivity contribution in [2.75, 3.05) is 24.0 Å². The minimum absolute atomic E-state index is 0.0218. The number of aryl methyl sites for hydroxylation is 1. The van der Waals surface area contributed by atoms with Crippen LogP contribution in [0.5, 0.6) is 5.75 Å². The summed E-state index contributed by atoms with van der Waals surface area (Å²) in [5.74, 6) is -0.387. The van der Waals surface area contributed by atoms with Gasteiger partial charge in [0, 0.05) is 19.5 Å². The monoisotopic (exact) mass is 681 g/mol. The normalized spacial score (nSPS) is 11.8. The maximum atomic E-state index is 14.5. The number of likely N-dealkylation sites (N-methyl/N-ethyl adjacent to an activating group) is 1. The summed E-state index contributed by atoms with van der Waals surface area (Å²) in [6.07, 6.45) is 0.202. The van der Waals surface area contributed by atoms with Gasteiger partial charge in [0.2, 0.25) is 11.8 Å². The summed E-state index contributed by atoms with van der Waals surface area (Å²) in [5, 5.41) is 3.49. The second kappa shape index (κ2) is 16.0. The standard InChI is InChI=1S/C35H37Cl2N3O5S/c1-4-38-35(42)33(22-26-9-7-6-8-10-26)39(23-27-13-20-31(36)32(37)21-27)34(41)24-40(28-14-16-29(17-15-28)45-5-2)46(43,44)30-18-11-25(3)12-19-30/h6-21,33H,4-5,22-24H2,1-3H3,(H,38,42)/t33-/m0/s1. The van der Waals surface area contributed by atoms with Gasteiger partial charge >= 0.3 is 0 Å². The molecule has 0 spiro atoms. The number of halogens is 2. The molecule has 11 heteroatoms. The van der Waals surface area contributed by atoms with Crippen LogP contribution in [0.1, 0.15) is 30.5 Å². The lowest BCUT2D eigenvalue weighted by molar-refractivity contribution is -0.140. The number of nitrogens with zero attached hydrogens (tertiary/aromatic N) is 2. The van der Waals surface area contributed by atoms with Crippen molar-refractivity contribution in [2.45, 2.75) is 44.7 Å². The summed E-state index contributed by atoms with van der Waals surface area (Å²) in [4.78, 5) is 29.5. The fourth-order valence-corrected chi connectivity index (χ4v) is 6.66. The average Bonchev–Trinajstić information content (AvgIpc) is 3.04. The first-order chi connectivity index (χ1) is 22.0. The van der Waals surface area contributed by atoms with E-state index in [1.807, 2.05) is 44.2 Å². The van der Waals surface area contributed by atoms with E-state index in [1.54, 1.807) is 61.5 Å². The van der Waals surface area contributed by atoms with Crippen LogP contribution in [0.4, 0.5) is 5.69 Å². The Kier molecular flexibility index (Phi) is 12.1. The number of sulfonamides is 1. The van der Waals surface area contributed by atoms with Crippen molar-refractivity contribution >= 4 is 50.7 Å². The van der Waals surface area contributed by atoms with Gasteiger partial charge in [-0.25, -0.2) is 8.42 Å². The third-order valence-electron chi connectivity index (χ3n) is 7.28. The van der Waals surface area contributed by atoms with E-state index >= 15 is 0 Å². The molecule has 0 aromatic heterocycles. The molecule has 0 heterocycles. The smallest absolute Gasteiger partial charge is 0.264 e. The lowest BCUT2D eigenvalue weighted by atomic mass is 10.0. The first-order valence-electron chi connectivity index (χ1n) is 14.9. The molecule has 46 heavy (non-hydrogen) atoms. The Morgan fingerprint density at radius 2 is 1.52 bits per heavy atom. The topological polar surface area (TPSA) is 96.0 Å². The Balaban J connectivity index is 1.80. The highest BCUT2D eigenvalue weighted by molar-refractivity contribution is 7.92. The molecule has 0 radical (unpaired) electrons. The summed E-state index contributed by atoms with van der Waals surface area (Å²) >= 11 is 12.5. The number of nitrogens with one attached hydrogen (secondary N) is 1. The summed E-state index contributed by atoms with van der Waals surface area (Å²) in [6.45, 7) is 5.70. The van der Waals surface area contributed by atoms with E-state index in [0.717, 1.165) is 15.4 Å². The molecule has 4 aromatic rings. The van der Waals surface area contributed by atoms with Crippen molar-refractivity contribution in [1.29, 1.82) is 0 Å². The fraction of sp³-hybridized carbons (Fsp3) is 0.257. The quantitative estimate of drug-likeness (QED) is 0.160. The SMILES string of the molecule is CCNC(=O)[C@H](Cc1ccccc1)N(Cc1ccc(Cl)c(Cl)c1)C(=O)CN(c1ccc(OCC)cc1)S(=O)(=O)c1ccc(C)cc1. The van der Waals surface area contributed by atoms with Gasteiger partial charge in [0.1, 0.15) is 18.3 Å². The predicted molar refractivity (Wildman–Crippen MR) is 183 cm³/mol. The highest BCUT2D eigenvalue weighted by Gasteiger charge is 2.34. The average molecular weight is 683 g/mol. The van der Waals surface area contributed by atoms with Gasteiger partial charge in [-0.05, 0) is 80.4 Å². The fourth-order valence-electron chi connectivity index (χ4n) is 4.92. The van der Waals surface area contributed by atoms with Gasteiger partial charge in [-0.3, -0.25) is 13.9 Å². The molecule has 0 aliphatic heterocycles. The molecule has 0 bridgehead atoms. The van der Waals surface area contributed by atoms with Gasteiger partial charge in [0.25, 0.3) is 10.0 Å². The van der Waals surface area contributed by atoms with E-state index < -0.39 is 28.5 Å². The number of ether oxygens (including phenoxy) is 1. The Bertz CT molecular complexity index is 1730. The lowest BCUT2D eigenvalue weighted by Gasteiger charge is -2.34. The van der Waals surface area contributed by atoms with Crippen LogP contribution in [0.3, 0.4) is 0 Å². The Morgan fingerprint density at radius 1 is 0.848 bits per heavy atom. The van der Waals surface area contributed by atoms with E-state index in [4.69, 9.17) is 27.9 Å². The molecule has 1 atom stereocenters. The van der Waals surface area contributed by atoms with Crippen LogP contribution in [-0.2, 0) is 32.6 Å². The second-order valence-corrected chi connectivity index (χ2v) is 13.3. The molecule has 0 aliphatic carbocycles. The molecule has 4 aromatic carbocycles. The Morgan fingerprint density at radius 3 is 2.13 bits per heavy atom. The first kappa shape index (κ1) is 34.8. The molecule has 2 amide bonds. The first-order valence-corrected chi connectivity index (χ1v) is 17.1. The van der Waals surface area contributed by atoms with Crippen molar-refractivity contribution < 1.29 is 22.7 Å². The van der Waals surface area contributed by atoms with Gasteiger partial charge in [-0.2, -0.15) is 0 Å². The number of hydrogen-bond donors (Lipinski definition) is 1. The van der Waals surface area contributed by atoms with Gasteiger partial charge in [0.05, 0.1) is 27.2 Å². The number of hydrogen-bond acceptors (Lipinski definition) is 5. The van der Waals surface area contributed by atoms with Crippen LogP contribution >= 0.6 is 23.2 Å². The summed E-state index contributed by atoms with van der Waals surface area (Å²) < 4.78 is 34.9. The molecule has 8 nitrogen and oxygen atoms in total. The molecule has 0 unspecified atom stereocenters. The molecule has 242 valence electrons. The predicted octanol–water partition coefficient (Wildman–Crippen LogP) is 6.67. The molecule has 0 saturated carbocycles. The van der Waals surface area contributed by atoms with Crippen molar-refractivity contribution in [3.8, 4) is 5.75 Å². The largest absolute Gasteiger partial charge is 0.494 e. The van der Waals surface area contributed by atoms with Gasteiger partial charge < -0.3 is 15.0 Å². The Hall–Kier alpha value is -4.05. The number of rotatable bonds is 14. The highest BCUT2D eigenvalue weighted by Crippen LogP contribution is 2.28. The van der Waals surface area contributed by atoms with Crippen LogP contribution in [0.2, 0.25) is 10.0 Å². The van der Waals surface area contributed by atoms with Crippen molar-refractivity contribution in [3.63, 3.8) is 0 Å². The third kappa shape index (κ3) is 8.81. The van der Waals surface area contributed by atoms with Gasteiger partial charge in [0.15, 0.2) is 0 Å². The number of carbonyl (C=O) groups excluding carboxylic acids is 2. The van der Waals surface area contributed by atoms with Crippen molar-refractivity contribution in [3.05, 3.63) is 124 Å². The number of amides is 2. The zero-order chi connectivity index (χ0) is 33.3. The molecular weight excluding hydrogens is 645 g/mol. The van der Waals surface area contributed by atoms with Crippen molar-refractivity contribution in [1.82, 2.24) is 10.2 Å². The van der Waals surface area contributed by atoms with Crippen LogP contribution in [0.15, 0.2) is 102 Å². The third-order valence-corrected chi connectivity index (χ3v) is 9.81. The van der Waals surface area contributed by atoms with E-state index in [-0.39, 0.29) is 29.5 Å². The van der Waals surface area contributed by atoms with Crippen LogP contribution in [0, 0.1) is 6.92 Å². The van der Waals surface area contributed by atoms with Crippen LogP contribution < -0.4 is 14.4 Å². The molecular formula is C35H37Cl2N3O5S. The lowest BCUT2D eigenvalue weighted by Crippen LogP contribution is -2.53. The number of carbonyl (C=O) groups is 2. The zero-order valence-corrected chi connectivity index (χ0v) is 28.3. The second-order valence-electron chi connectivity index (χ2n) is 10.6. The zero-order valence-electron chi connectivity index (χ0n) is 26.0. The molecule has 0 saturated heterocycles. The van der Waals surface area contributed by atoms with Gasteiger partial charge in [-0.1, -0.05) is 77.3 Å². The van der Waals surface area contributed by atoms with E-state index in [1.165, 1.54) is 17.0 Å². The van der Waals surface area contributed by atoms with Crippen LogP contribution in [0.25, 0.3) is 0 Å². The molecule has 0 fully saturated rings. The molecule has 4 rings (SSSR count). The van der Waals surface area contributed by atoms with E-state index in [2.05, 4.69) is 5.32 Å². The minimum atomic E-state index is -4.22. The van der Waals surface area contributed by atoms with Crippen LogP contribution in [-0.4, -0.2) is 50.9 Å². The highest BCUT2D eigenvalue weighted by atomic mass is 35.5. The molecule has 1 N–H and O–H groups in total. The van der Waals surface area contributed by atoms with E-state index in [0.29, 0.717) is 34.5 Å². The summed E-state index contributed by atoms with van der Waals surface area (Å²) in [6, 6.07) is 26.3. The maximum absolute atomic E-state index is 14.5. The van der Waals surface area contributed by atoms with E-state index in [9.17, 15) is 18.0 Å². The summed E-state index contributed by atoms with van der Waals surface area (Å²) in [7, 11) is -4.22. The van der Waals surface area contributed by atoms with Crippen molar-refractivity contribution in [2.24, 2.45) is 0 Å². The number of benzene rings is 4. The maximum Gasteiger partial charge on any atom is 0.264 e. The number of anilines is 1.